The number of rotatable bonds is 2. The summed E-state index contributed by atoms with van der Waals surface area (Å²) in [7, 11) is 1.51. The fourth-order valence-electron chi connectivity index (χ4n) is 4.18. The maximum atomic E-state index is 13.8. The highest BCUT2D eigenvalue weighted by Gasteiger charge is 2.55. The van der Waals surface area contributed by atoms with Crippen molar-refractivity contribution in [2.75, 3.05) is 7.11 Å². The summed E-state index contributed by atoms with van der Waals surface area (Å²) in [5, 5.41) is 0. The molecule has 0 radical (unpaired) electrons. The predicted molar refractivity (Wildman–Crippen MR) is 70.8 cm³/mol. The van der Waals surface area contributed by atoms with E-state index in [0.717, 1.165) is 12.0 Å². The van der Waals surface area contributed by atoms with Gasteiger partial charge in [-0.25, -0.2) is 13.2 Å². The molecule has 20 heavy (non-hydrogen) atoms. The predicted octanol–water partition coefficient (Wildman–Crippen LogP) is 4.68. The second-order valence-electron chi connectivity index (χ2n) is 6.05. The minimum absolute atomic E-state index is 0.00348. The summed E-state index contributed by atoms with van der Waals surface area (Å²) >= 11 is 0. The van der Waals surface area contributed by atoms with Gasteiger partial charge in [-0.1, -0.05) is 6.07 Å². The van der Waals surface area contributed by atoms with Crippen LogP contribution in [0.25, 0.3) is 0 Å². The molecule has 0 spiro atoms. The highest BCUT2D eigenvalue weighted by Crippen LogP contribution is 2.59. The van der Waals surface area contributed by atoms with Gasteiger partial charge in [-0.05, 0) is 49.7 Å². The van der Waals surface area contributed by atoms with Gasteiger partial charge in [-0.2, -0.15) is 0 Å². The zero-order valence-electron chi connectivity index (χ0n) is 11.8. The Morgan fingerprint density at radius 3 is 2.65 bits per heavy atom. The molecule has 0 aromatic heterocycles. The van der Waals surface area contributed by atoms with E-state index >= 15 is 0 Å². The van der Waals surface area contributed by atoms with Gasteiger partial charge in [-0.15, -0.1) is 0 Å². The third kappa shape index (κ3) is 1.92. The van der Waals surface area contributed by atoms with Crippen molar-refractivity contribution >= 4 is 0 Å². The Hall–Kier alpha value is -1.19. The second-order valence-corrected chi connectivity index (χ2v) is 6.05. The van der Waals surface area contributed by atoms with E-state index in [1.165, 1.54) is 13.2 Å². The highest BCUT2D eigenvalue weighted by atomic mass is 19.3. The first-order valence-corrected chi connectivity index (χ1v) is 7.16. The maximum absolute atomic E-state index is 13.8. The Labute approximate surface area is 117 Å². The molecule has 2 aliphatic rings. The van der Waals surface area contributed by atoms with E-state index in [2.05, 4.69) is 0 Å². The summed E-state index contributed by atoms with van der Waals surface area (Å²) in [6, 6.07) is 3.14. The Kier molecular flexibility index (Phi) is 3.22. The van der Waals surface area contributed by atoms with Crippen LogP contribution in [0.4, 0.5) is 13.2 Å². The van der Waals surface area contributed by atoms with Crippen molar-refractivity contribution in [1.82, 2.24) is 0 Å². The summed E-state index contributed by atoms with van der Waals surface area (Å²) in [4.78, 5) is 0. The standard InChI is InChI=1S/C16H19F3O/c1-9-14(17)6-4-12(15(9)20-2)10-3-5-13-11(10)7-8-16(13,18)19/h4,6,10-11,13H,3,5,7-8H2,1-2H3/t10?,11-,13+/m1/s1. The van der Waals surface area contributed by atoms with Crippen LogP contribution in [0.3, 0.4) is 0 Å². The largest absolute Gasteiger partial charge is 0.496 e. The Morgan fingerprint density at radius 1 is 1.20 bits per heavy atom. The van der Waals surface area contributed by atoms with E-state index < -0.39 is 11.8 Å². The van der Waals surface area contributed by atoms with Crippen molar-refractivity contribution in [2.45, 2.75) is 44.4 Å². The van der Waals surface area contributed by atoms with Crippen molar-refractivity contribution in [1.29, 1.82) is 0 Å². The van der Waals surface area contributed by atoms with Crippen molar-refractivity contribution in [3.63, 3.8) is 0 Å². The number of hydrogen-bond acceptors (Lipinski definition) is 1. The van der Waals surface area contributed by atoms with E-state index in [-0.39, 0.29) is 24.1 Å². The van der Waals surface area contributed by atoms with Gasteiger partial charge < -0.3 is 4.74 Å². The van der Waals surface area contributed by atoms with Gasteiger partial charge in [-0.3, -0.25) is 0 Å². The number of hydrogen-bond donors (Lipinski definition) is 0. The van der Waals surface area contributed by atoms with Crippen molar-refractivity contribution in [2.24, 2.45) is 11.8 Å². The van der Waals surface area contributed by atoms with Crippen LogP contribution in [-0.2, 0) is 0 Å². The normalized spacial score (nSPS) is 31.4. The minimum Gasteiger partial charge on any atom is -0.496 e. The van der Waals surface area contributed by atoms with Crippen molar-refractivity contribution in [3.05, 3.63) is 29.1 Å². The van der Waals surface area contributed by atoms with Crippen LogP contribution in [0.5, 0.6) is 5.75 Å². The van der Waals surface area contributed by atoms with Gasteiger partial charge in [0, 0.05) is 17.9 Å². The van der Waals surface area contributed by atoms with E-state index in [0.29, 0.717) is 24.2 Å². The van der Waals surface area contributed by atoms with Gasteiger partial charge in [0.15, 0.2) is 0 Å². The third-order valence-corrected chi connectivity index (χ3v) is 5.15. The summed E-state index contributed by atoms with van der Waals surface area (Å²) in [6.45, 7) is 1.67. The molecule has 0 saturated heterocycles. The Bertz CT molecular complexity index is 527. The molecule has 0 heterocycles. The zero-order chi connectivity index (χ0) is 14.5. The Morgan fingerprint density at radius 2 is 1.95 bits per heavy atom. The van der Waals surface area contributed by atoms with Crippen LogP contribution in [0.1, 0.15) is 42.7 Å². The number of methoxy groups -OCH3 is 1. The average Bonchev–Trinajstić information content (AvgIpc) is 2.95. The lowest BCUT2D eigenvalue weighted by atomic mass is 9.85. The van der Waals surface area contributed by atoms with Crippen LogP contribution in [0.2, 0.25) is 0 Å². The molecular formula is C16H19F3O. The lowest BCUT2D eigenvalue weighted by Gasteiger charge is -2.23. The lowest BCUT2D eigenvalue weighted by molar-refractivity contribution is -0.0409. The lowest BCUT2D eigenvalue weighted by Crippen LogP contribution is -2.23. The molecule has 1 aromatic rings. The van der Waals surface area contributed by atoms with E-state index in [1.807, 2.05) is 0 Å². The Balaban J connectivity index is 1.97. The molecule has 0 aliphatic heterocycles. The van der Waals surface area contributed by atoms with Gasteiger partial charge in [0.1, 0.15) is 11.6 Å². The second kappa shape index (κ2) is 4.68. The maximum Gasteiger partial charge on any atom is 0.251 e. The number of halogens is 3. The number of fused-ring (bicyclic) bond motifs is 1. The van der Waals surface area contributed by atoms with Crippen LogP contribution < -0.4 is 4.74 Å². The summed E-state index contributed by atoms with van der Waals surface area (Å²) < 4.78 is 46.6. The van der Waals surface area contributed by atoms with Crippen molar-refractivity contribution in [3.8, 4) is 5.75 Å². The van der Waals surface area contributed by atoms with E-state index in [9.17, 15) is 13.2 Å². The van der Waals surface area contributed by atoms with E-state index in [4.69, 9.17) is 4.74 Å². The minimum atomic E-state index is -2.53. The highest BCUT2D eigenvalue weighted by molar-refractivity contribution is 5.44. The fourth-order valence-corrected chi connectivity index (χ4v) is 4.18. The summed E-state index contributed by atoms with van der Waals surface area (Å²) in [5.41, 5.74) is 1.37. The van der Waals surface area contributed by atoms with E-state index in [1.54, 1.807) is 13.0 Å². The molecule has 1 aromatic carbocycles. The fraction of sp³-hybridized carbons (Fsp3) is 0.625. The van der Waals surface area contributed by atoms with Crippen molar-refractivity contribution < 1.29 is 17.9 Å². The smallest absolute Gasteiger partial charge is 0.251 e. The summed E-state index contributed by atoms with van der Waals surface area (Å²) in [6.07, 6.45) is 1.84. The average molecular weight is 284 g/mol. The number of ether oxygens (including phenoxy) is 1. The third-order valence-electron chi connectivity index (χ3n) is 5.15. The first-order chi connectivity index (χ1) is 9.45. The molecule has 0 bridgehead atoms. The first-order valence-electron chi connectivity index (χ1n) is 7.16. The summed E-state index contributed by atoms with van der Waals surface area (Å²) in [5.74, 6) is -2.74. The molecule has 2 saturated carbocycles. The number of benzene rings is 1. The quantitative estimate of drug-likeness (QED) is 0.766. The van der Waals surface area contributed by atoms with Crippen LogP contribution >= 0.6 is 0 Å². The van der Waals surface area contributed by atoms with Crippen LogP contribution in [0.15, 0.2) is 12.1 Å². The van der Waals surface area contributed by atoms with Gasteiger partial charge in [0.25, 0.3) is 5.92 Å². The van der Waals surface area contributed by atoms with Crippen LogP contribution in [0, 0.1) is 24.6 Å². The molecule has 2 aliphatic carbocycles. The molecule has 0 amide bonds. The molecule has 1 unspecified atom stereocenters. The monoisotopic (exact) mass is 284 g/mol. The molecule has 4 heteroatoms. The van der Waals surface area contributed by atoms with Gasteiger partial charge in [0.05, 0.1) is 7.11 Å². The molecule has 0 N–H and O–H groups in total. The molecule has 110 valence electrons. The molecule has 2 fully saturated rings. The molecular weight excluding hydrogens is 265 g/mol. The number of alkyl halides is 2. The topological polar surface area (TPSA) is 9.23 Å². The first kappa shape index (κ1) is 13.8. The SMILES string of the molecule is COc1c(C2CC[C@H]3[C@@H]2CCC3(F)F)ccc(F)c1C. The van der Waals surface area contributed by atoms with Gasteiger partial charge in [0.2, 0.25) is 0 Å². The zero-order valence-corrected chi connectivity index (χ0v) is 11.8. The molecule has 1 nitrogen and oxygen atoms in total. The van der Waals surface area contributed by atoms with Gasteiger partial charge >= 0.3 is 0 Å². The molecule has 3 atom stereocenters. The van der Waals surface area contributed by atoms with Crippen LogP contribution in [-0.4, -0.2) is 13.0 Å². The molecule has 3 rings (SSSR count).